The lowest BCUT2D eigenvalue weighted by molar-refractivity contribution is -0.142. The number of hydrogen-bond acceptors (Lipinski definition) is 4. The number of nitrogens with one attached hydrogen (secondary N) is 2. The molecule has 0 aliphatic rings. The summed E-state index contributed by atoms with van der Waals surface area (Å²) in [5.41, 5.74) is 3.05. The first-order valence-corrected chi connectivity index (χ1v) is 12.6. The van der Waals surface area contributed by atoms with Crippen LogP contribution in [0.4, 0.5) is 4.79 Å². The van der Waals surface area contributed by atoms with Gasteiger partial charge in [0.2, 0.25) is 11.8 Å². The van der Waals surface area contributed by atoms with Crippen molar-refractivity contribution in [3.05, 3.63) is 70.8 Å². The lowest BCUT2D eigenvalue weighted by Gasteiger charge is -2.34. The first kappa shape index (κ1) is 28.9. The Morgan fingerprint density at radius 2 is 1.67 bits per heavy atom. The van der Waals surface area contributed by atoms with Crippen LogP contribution < -0.4 is 10.6 Å². The van der Waals surface area contributed by atoms with Gasteiger partial charge in [0.15, 0.2) is 0 Å². The number of unbranched alkanes of at least 4 members (excludes halogenated alkanes) is 1. The van der Waals surface area contributed by atoms with Crippen molar-refractivity contribution in [2.75, 3.05) is 6.54 Å². The van der Waals surface area contributed by atoms with Crippen molar-refractivity contribution in [3.63, 3.8) is 0 Å². The molecule has 2 unspecified atom stereocenters. The van der Waals surface area contributed by atoms with E-state index in [1.807, 2.05) is 69.3 Å². The minimum absolute atomic E-state index is 0.263. The van der Waals surface area contributed by atoms with Crippen LogP contribution in [-0.4, -0.2) is 41.0 Å². The summed E-state index contributed by atoms with van der Waals surface area (Å²) in [4.78, 5) is 41.4. The Morgan fingerprint density at radius 3 is 2.28 bits per heavy atom. The number of ether oxygens (including phenoxy) is 1. The molecule has 2 rings (SSSR count). The van der Waals surface area contributed by atoms with E-state index in [1.165, 1.54) is 0 Å². The fourth-order valence-electron chi connectivity index (χ4n) is 3.89. The lowest BCUT2D eigenvalue weighted by Crippen LogP contribution is -2.52. The predicted octanol–water partition coefficient (Wildman–Crippen LogP) is 5.20. The Hall–Kier alpha value is -3.35. The Labute approximate surface area is 215 Å². The van der Waals surface area contributed by atoms with Crippen molar-refractivity contribution in [1.29, 1.82) is 0 Å². The van der Waals surface area contributed by atoms with E-state index in [4.69, 9.17) is 4.74 Å². The molecular weight excluding hydrogens is 454 g/mol. The molecule has 0 fully saturated rings. The summed E-state index contributed by atoms with van der Waals surface area (Å²) >= 11 is 0. The highest BCUT2D eigenvalue weighted by Gasteiger charge is 2.35. The van der Waals surface area contributed by atoms with E-state index in [1.54, 1.807) is 32.6 Å². The van der Waals surface area contributed by atoms with Gasteiger partial charge in [-0.3, -0.25) is 9.59 Å². The van der Waals surface area contributed by atoms with Crippen LogP contribution in [-0.2, 0) is 20.9 Å². The quantitative estimate of drug-likeness (QED) is 0.474. The highest BCUT2D eigenvalue weighted by molar-refractivity contribution is 5.92. The molecule has 0 radical (unpaired) electrons. The van der Waals surface area contributed by atoms with Gasteiger partial charge in [0.05, 0.1) is 0 Å². The van der Waals surface area contributed by atoms with Gasteiger partial charge < -0.3 is 20.3 Å². The third-order valence-electron chi connectivity index (χ3n) is 5.95. The molecule has 2 atom stereocenters. The van der Waals surface area contributed by atoms with Crippen LogP contribution >= 0.6 is 0 Å². The molecule has 7 heteroatoms. The third kappa shape index (κ3) is 8.40. The molecule has 0 spiro atoms. The van der Waals surface area contributed by atoms with Crippen molar-refractivity contribution in [3.8, 4) is 0 Å². The van der Waals surface area contributed by atoms with Gasteiger partial charge in [-0.25, -0.2) is 4.79 Å². The van der Waals surface area contributed by atoms with Crippen molar-refractivity contribution in [2.24, 2.45) is 0 Å². The van der Waals surface area contributed by atoms with Crippen LogP contribution in [0.3, 0.4) is 0 Å². The molecule has 2 aromatic rings. The standard InChI is InChI=1S/C29H41N3O4/c1-8-9-18-32(27(34)22(4)31-28(35)36-29(5,6)7)25(24-17-13-14-20(2)21(24)3)26(33)30-19-23-15-11-10-12-16-23/h10-17,22,25H,8-9,18-19H2,1-7H3,(H,30,33)(H,31,35). The molecule has 2 aromatic carbocycles. The largest absolute Gasteiger partial charge is 0.444 e. The number of hydrogen-bond donors (Lipinski definition) is 2. The summed E-state index contributed by atoms with van der Waals surface area (Å²) in [7, 11) is 0. The van der Waals surface area contributed by atoms with Crippen molar-refractivity contribution >= 4 is 17.9 Å². The second kappa shape index (κ2) is 13.1. The number of benzene rings is 2. The number of rotatable bonds is 10. The molecule has 3 amide bonds. The molecule has 0 aliphatic heterocycles. The molecule has 0 saturated heterocycles. The number of amides is 3. The van der Waals surface area contributed by atoms with Gasteiger partial charge in [0, 0.05) is 13.1 Å². The Bertz CT molecular complexity index is 1030. The van der Waals surface area contributed by atoms with Gasteiger partial charge in [-0.2, -0.15) is 0 Å². The minimum atomic E-state index is -0.869. The zero-order chi connectivity index (χ0) is 26.9. The van der Waals surface area contributed by atoms with Crippen molar-refractivity contribution in [2.45, 2.75) is 85.5 Å². The molecule has 7 nitrogen and oxygen atoms in total. The Morgan fingerprint density at radius 1 is 1.00 bits per heavy atom. The second-order valence-electron chi connectivity index (χ2n) is 10.1. The average Bonchev–Trinajstić information content (AvgIpc) is 2.81. The zero-order valence-electron chi connectivity index (χ0n) is 22.7. The van der Waals surface area contributed by atoms with E-state index in [2.05, 4.69) is 10.6 Å². The molecule has 0 heterocycles. The Balaban J connectivity index is 2.40. The van der Waals surface area contributed by atoms with Crippen LogP contribution in [0.5, 0.6) is 0 Å². The van der Waals surface area contributed by atoms with E-state index >= 15 is 0 Å². The summed E-state index contributed by atoms with van der Waals surface area (Å²) in [6, 6.07) is 13.7. The van der Waals surface area contributed by atoms with Gasteiger partial charge in [-0.05, 0) is 70.2 Å². The van der Waals surface area contributed by atoms with Gasteiger partial charge in [0.25, 0.3) is 0 Å². The van der Waals surface area contributed by atoms with Crippen molar-refractivity contribution < 1.29 is 19.1 Å². The average molecular weight is 496 g/mol. The van der Waals surface area contributed by atoms with Crippen LogP contribution in [0, 0.1) is 13.8 Å². The smallest absolute Gasteiger partial charge is 0.408 e. The second-order valence-corrected chi connectivity index (χ2v) is 10.1. The van der Waals surface area contributed by atoms with E-state index in [-0.39, 0.29) is 11.8 Å². The van der Waals surface area contributed by atoms with Gasteiger partial charge in [-0.15, -0.1) is 0 Å². The molecule has 0 saturated carbocycles. The number of nitrogens with zero attached hydrogens (tertiary/aromatic N) is 1. The van der Waals surface area contributed by atoms with Crippen molar-refractivity contribution in [1.82, 2.24) is 15.5 Å². The Kier molecular flexibility index (Phi) is 10.5. The maximum absolute atomic E-state index is 13.7. The lowest BCUT2D eigenvalue weighted by atomic mass is 9.95. The molecule has 2 N–H and O–H groups in total. The highest BCUT2D eigenvalue weighted by atomic mass is 16.6. The number of carbonyl (C=O) groups excluding carboxylic acids is 3. The van der Waals surface area contributed by atoms with Gasteiger partial charge in [-0.1, -0.05) is 61.9 Å². The topological polar surface area (TPSA) is 87.7 Å². The predicted molar refractivity (Wildman–Crippen MR) is 142 cm³/mol. The SMILES string of the molecule is CCCCN(C(=O)C(C)NC(=O)OC(C)(C)C)C(C(=O)NCc1ccccc1)c1cccc(C)c1C. The molecule has 0 aromatic heterocycles. The first-order valence-electron chi connectivity index (χ1n) is 12.6. The van der Waals surface area contributed by atoms with E-state index in [0.29, 0.717) is 13.1 Å². The van der Waals surface area contributed by atoms with Crippen LogP contribution in [0.25, 0.3) is 0 Å². The zero-order valence-corrected chi connectivity index (χ0v) is 22.7. The van der Waals surface area contributed by atoms with E-state index < -0.39 is 23.8 Å². The van der Waals surface area contributed by atoms with Gasteiger partial charge in [0.1, 0.15) is 17.7 Å². The summed E-state index contributed by atoms with van der Waals surface area (Å²) in [6.07, 6.45) is 0.900. The monoisotopic (exact) mass is 495 g/mol. The number of carbonyl (C=O) groups is 3. The van der Waals surface area contributed by atoms with E-state index in [9.17, 15) is 14.4 Å². The van der Waals surface area contributed by atoms with E-state index in [0.717, 1.165) is 35.1 Å². The van der Waals surface area contributed by atoms with Gasteiger partial charge >= 0.3 is 6.09 Å². The molecule has 196 valence electrons. The highest BCUT2D eigenvalue weighted by Crippen LogP contribution is 2.28. The molecule has 0 bridgehead atoms. The first-order chi connectivity index (χ1) is 16.9. The summed E-state index contributed by atoms with van der Waals surface area (Å²) in [5.74, 6) is -0.600. The maximum atomic E-state index is 13.7. The molecular formula is C29H41N3O4. The number of alkyl carbamates (subject to hydrolysis) is 1. The summed E-state index contributed by atoms with van der Waals surface area (Å²) in [5, 5.41) is 5.66. The van der Waals surface area contributed by atoms with Crippen LogP contribution in [0.1, 0.15) is 75.8 Å². The summed E-state index contributed by atoms with van der Waals surface area (Å²) < 4.78 is 5.33. The minimum Gasteiger partial charge on any atom is -0.444 e. The fourth-order valence-corrected chi connectivity index (χ4v) is 3.89. The molecule has 36 heavy (non-hydrogen) atoms. The normalized spacial score (nSPS) is 12.9. The summed E-state index contributed by atoms with van der Waals surface area (Å²) in [6.45, 7) is 13.6. The van der Waals surface area contributed by atoms with Crippen LogP contribution in [0.15, 0.2) is 48.5 Å². The molecule has 0 aliphatic carbocycles. The van der Waals surface area contributed by atoms with Crippen LogP contribution in [0.2, 0.25) is 0 Å². The fraction of sp³-hybridized carbons (Fsp3) is 0.483. The number of aryl methyl sites for hydroxylation is 1. The third-order valence-corrected chi connectivity index (χ3v) is 5.95. The maximum Gasteiger partial charge on any atom is 0.408 e.